The van der Waals surface area contributed by atoms with E-state index in [1.807, 2.05) is 20.8 Å². The van der Waals surface area contributed by atoms with Gasteiger partial charge in [0.2, 0.25) is 10.0 Å². The van der Waals surface area contributed by atoms with Gasteiger partial charge in [-0.15, -0.1) is 0 Å². The Hall–Kier alpha value is -1.23. The first-order chi connectivity index (χ1) is 7.68. The smallest absolute Gasteiger partial charge is 0.232 e. The summed E-state index contributed by atoms with van der Waals surface area (Å²) < 4.78 is 26.1. The molecule has 0 unspecified atom stereocenters. The number of nitrogens with one attached hydrogen (secondary N) is 1. The molecule has 0 atom stereocenters. The SMILES string of the molecule is CC(C)(C)CCS(=O)(=O)Nc1cccc(N)c1. The second kappa shape index (κ2) is 4.96. The first kappa shape index (κ1) is 13.8. The highest BCUT2D eigenvalue weighted by Gasteiger charge is 2.17. The second-order valence-electron chi connectivity index (χ2n) is 5.36. The molecule has 17 heavy (non-hydrogen) atoms. The minimum atomic E-state index is -3.29. The molecule has 0 spiro atoms. The van der Waals surface area contributed by atoms with E-state index in [1.54, 1.807) is 24.3 Å². The van der Waals surface area contributed by atoms with Crippen molar-refractivity contribution in [2.45, 2.75) is 27.2 Å². The van der Waals surface area contributed by atoms with Crippen molar-refractivity contribution in [3.63, 3.8) is 0 Å². The van der Waals surface area contributed by atoms with Gasteiger partial charge in [0.15, 0.2) is 0 Å². The number of nitrogens with two attached hydrogens (primary N) is 1. The minimum absolute atomic E-state index is 0.00443. The molecule has 1 aromatic carbocycles. The van der Waals surface area contributed by atoms with E-state index in [2.05, 4.69) is 4.72 Å². The number of nitrogen functional groups attached to an aromatic ring is 1. The monoisotopic (exact) mass is 256 g/mol. The summed E-state index contributed by atoms with van der Waals surface area (Å²) >= 11 is 0. The zero-order valence-corrected chi connectivity index (χ0v) is 11.3. The van der Waals surface area contributed by atoms with Crippen LogP contribution < -0.4 is 10.5 Å². The van der Waals surface area contributed by atoms with E-state index < -0.39 is 10.0 Å². The lowest BCUT2D eigenvalue weighted by Gasteiger charge is -2.18. The summed E-state index contributed by atoms with van der Waals surface area (Å²) in [4.78, 5) is 0. The highest BCUT2D eigenvalue weighted by Crippen LogP contribution is 2.20. The fourth-order valence-electron chi connectivity index (χ4n) is 1.27. The summed E-state index contributed by atoms with van der Waals surface area (Å²) in [5.41, 5.74) is 6.65. The molecule has 0 aliphatic rings. The maximum atomic E-state index is 11.8. The van der Waals surface area contributed by atoms with Gasteiger partial charge in [-0.1, -0.05) is 26.8 Å². The molecule has 5 heteroatoms. The van der Waals surface area contributed by atoms with Gasteiger partial charge in [-0.3, -0.25) is 4.72 Å². The van der Waals surface area contributed by atoms with Crippen LogP contribution in [0.1, 0.15) is 27.2 Å². The van der Waals surface area contributed by atoms with Crippen molar-refractivity contribution in [3.8, 4) is 0 Å². The molecule has 0 saturated heterocycles. The van der Waals surface area contributed by atoms with Crippen LogP contribution >= 0.6 is 0 Å². The minimum Gasteiger partial charge on any atom is -0.399 e. The lowest BCUT2D eigenvalue weighted by molar-refractivity contribution is 0.397. The molecule has 0 heterocycles. The van der Waals surface area contributed by atoms with E-state index in [1.165, 1.54) is 0 Å². The maximum Gasteiger partial charge on any atom is 0.232 e. The third-order valence-electron chi connectivity index (χ3n) is 2.28. The lowest BCUT2D eigenvalue weighted by atomic mass is 9.94. The Morgan fingerprint density at radius 3 is 2.47 bits per heavy atom. The summed E-state index contributed by atoms with van der Waals surface area (Å²) in [6.45, 7) is 6.05. The van der Waals surface area contributed by atoms with E-state index >= 15 is 0 Å². The molecule has 1 aromatic rings. The summed E-state index contributed by atoms with van der Waals surface area (Å²) in [7, 11) is -3.29. The number of benzene rings is 1. The molecule has 0 fully saturated rings. The van der Waals surface area contributed by atoms with E-state index in [0.717, 1.165) is 0 Å². The predicted molar refractivity (Wildman–Crippen MR) is 72.3 cm³/mol. The topological polar surface area (TPSA) is 72.2 Å². The molecule has 0 bridgehead atoms. The molecule has 0 amide bonds. The quantitative estimate of drug-likeness (QED) is 0.813. The highest BCUT2D eigenvalue weighted by atomic mass is 32.2. The molecule has 0 aliphatic carbocycles. The highest BCUT2D eigenvalue weighted by molar-refractivity contribution is 7.92. The van der Waals surface area contributed by atoms with Crippen molar-refractivity contribution in [2.75, 3.05) is 16.2 Å². The Labute approximate surface area is 103 Å². The number of hydrogen-bond acceptors (Lipinski definition) is 3. The maximum absolute atomic E-state index is 11.8. The molecule has 4 nitrogen and oxygen atoms in total. The van der Waals surface area contributed by atoms with Crippen LogP contribution in [0, 0.1) is 5.41 Å². The Balaban J connectivity index is 2.67. The van der Waals surface area contributed by atoms with E-state index in [4.69, 9.17) is 5.73 Å². The van der Waals surface area contributed by atoms with E-state index in [0.29, 0.717) is 17.8 Å². The molecular formula is C12H20N2O2S. The molecule has 0 aromatic heterocycles. The number of hydrogen-bond donors (Lipinski definition) is 2. The Bertz CT molecular complexity index is 476. The van der Waals surface area contributed by atoms with Gasteiger partial charge in [-0.05, 0) is 30.0 Å². The van der Waals surface area contributed by atoms with Crippen LogP contribution in [-0.4, -0.2) is 14.2 Å². The Morgan fingerprint density at radius 2 is 1.94 bits per heavy atom. The van der Waals surface area contributed by atoms with Crippen molar-refractivity contribution in [1.29, 1.82) is 0 Å². The summed E-state index contributed by atoms with van der Waals surface area (Å²) in [6.07, 6.45) is 0.616. The fourth-order valence-corrected chi connectivity index (χ4v) is 2.74. The van der Waals surface area contributed by atoms with E-state index in [9.17, 15) is 8.42 Å². The van der Waals surface area contributed by atoms with Crippen LogP contribution in [0.4, 0.5) is 11.4 Å². The van der Waals surface area contributed by atoms with Gasteiger partial charge in [0.05, 0.1) is 11.4 Å². The van der Waals surface area contributed by atoms with Crippen LogP contribution in [0.15, 0.2) is 24.3 Å². The number of rotatable bonds is 4. The molecule has 0 saturated carbocycles. The van der Waals surface area contributed by atoms with Crippen molar-refractivity contribution >= 4 is 21.4 Å². The zero-order valence-electron chi connectivity index (χ0n) is 10.5. The fraction of sp³-hybridized carbons (Fsp3) is 0.500. The van der Waals surface area contributed by atoms with E-state index in [-0.39, 0.29) is 11.2 Å². The summed E-state index contributed by atoms with van der Waals surface area (Å²) in [5, 5.41) is 0. The standard InChI is InChI=1S/C12H20N2O2S/c1-12(2,3)7-8-17(15,16)14-11-6-4-5-10(13)9-11/h4-6,9,14H,7-8,13H2,1-3H3. The third kappa shape index (κ3) is 5.58. The molecule has 1 rings (SSSR count). The molecular weight excluding hydrogens is 236 g/mol. The number of anilines is 2. The van der Waals surface area contributed by atoms with Gasteiger partial charge in [-0.25, -0.2) is 8.42 Å². The Kier molecular flexibility index (Phi) is 4.03. The normalized spacial score (nSPS) is 12.4. The average Bonchev–Trinajstić information content (AvgIpc) is 2.13. The van der Waals surface area contributed by atoms with Gasteiger partial charge in [0.1, 0.15) is 0 Å². The number of sulfonamides is 1. The average molecular weight is 256 g/mol. The van der Waals surface area contributed by atoms with Gasteiger partial charge in [0, 0.05) is 5.69 Å². The summed E-state index contributed by atoms with van der Waals surface area (Å²) in [5.74, 6) is 0.116. The Morgan fingerprint density at radius 1 is 1.29 bits per heavy atom. The molecule has 3 N–H and O–H groups in total. The van der Waals surface area contributed by atoms with Crippen molar-refractivity contribution in [1.82, 2.24) is 0 Å². The van der Waals surface area contributed by atoms with Crippen molar-refractivity contribution < 1.29 is 8.42 Å². The van der Waals surface area contributed by atoms with Gasteiger partial charge in [0.25, 0.3) is 0 Å². The second-order valence-corrected chi connectivity index (χ2v) is 7.20. The van der Waals surface area contributed by atoms with Gasteiger partial charge in [-0.2, -0.15) is 0 Å². The third-order valence-corrected chi connectivity index (χ3v) is 3.57. The molecule has 0 radical (unpaired) electrons. The van der Waals surface area contributed by atoms with Crippen LogP contribution in [0.5, 0.6) is 0 Å². The predicted octanol–water partition coefficient (Wildman–Crippen LogP) is 2.45. The zero-order chi connectivity index (χ0) is 13.1. The van der Waals surface area contributed by atoms with Crippen LogP contribution in [0.2, 0.25) is 0 Å². The first-order valence-electron chi connectivity index (χ1n) is 5.54. The van der Waals surface area contributed by atoms with Crippen LogP contribution in [0.25, 0.3) is 0 Å². The molecule has 96 valence electrons. The van der Waals surface area contributed by atoms with Gasteiger partial charge >= 0.3 is 0 Å². The first-order valence-corrected chi connectivity index (χ1v) is 7.19. The van der Waals surface area contributed by atoms with Crippen molar-refractivity contribution in [3.05, 3.63) is 24.3 Å². The van der Waals surface area contributed by atoms with Crippen molar-refractivity contribution in [2.24, 2.45) is 5.41 Å². The molecule has 0 aliphatic heterocycles. The largest absolute Gasteiger partial charge is 0.399 e. The van der Waals surface area contributed by atoms with Gasteiger partial charge < -0.3 is 5.73 Å². The lowest BCUT2D eigenvalue weighted by Crippen LogP contribution is -2.20. The van der Waals surface area contributed by atoms with Crippen LogP contribution in [-0.2, 0) is 10.0 Å². The summed E-state index contributed by atoms with van der Waals surface area (Å²) in [6, 6.07) is 6.73. The van der Waals surface area contributed by atoms with Crippen LogP contribution in [0.3, 0.4) is 0 Å².